The first-order chi connectivity index (χ1) is 9.14. The van der Waals surface area contributed by atoms with Crippen LogP contribution in [0.15, 0.2) is 0 Å². The van der Waals surface area contributed by atoms with E-state index in [9.17, 15) is 18.0 Å². The highest BCUT2D eigenvalue weighted by Crippen LogP contribution is 2.29. The van der Waals surface area contributed by atoms with E-state index in [1.165, 1.54) is 6.92 Å². The lowest BCUT2D eigenvalue weighted by Gasteiger charge is -2.42. The summed E-state index contributed by atoms with van der Waals surface area (Å²) < 4.78 is 44.6. The molecule has 8 heteroatoms. The summed E-state index contributed by atoms with van der Waals surface area (Å²) in [6.45, 7) is 4.92. The average Bonchev–Trinajstić information content (AvgIpc) is 2.26. The maximum Gasteiger partial charge on any atom is 0.405 e. The quantitative estimate of drug-likeness (QED) is 0.792. The molecule has 0 saturated carbocycles. The Bertz CT molecular complexity index is 334. The van der Waals surface area contributed by atoms with Gasteiger partial charge in [-0.15, -0.1) is 0 Å². The molecule has 1 fully saturated rings. The molecule has 3 atom stereocenters. The van der Waals surface area contributed by atoms with E-state index in [0.717, 1.165) is 4.90 Å². The molecular weight excluding hydrogens is 275 g/mol. The Kier molecular flexibility index (Phi) is 5.79. The van der Waals surface area contributed by atoms with Crippen molar-refractivity contribution >= 4 is 5.91 Å². The van der Waals surface area contributed by atoms with E-state index < -0.39 is 30.2 Å². The van der Waals surface area contributed by atoms with Crippen molar-refractivity contribution in [2.75, 3.05) is 19.8 Å². The number of amides is 1. The average molecular weight is 297 g/mol. The van der Waals surface area contributed by atoms with Crippen LogP contribution in [0.1, 0.15) is 20.8 Å². The van der Waals surface area contributed by atoms with Crippen molar-refractivity contribution in [1.29, 1.82) is 0 Å². The number of carbonyl (C=O) groups is 1. The van der Waals surface area contributed by atoms with E-state index in [-0.39, 0.29) is 25.8 Å². The third-order valence-electron chi connectivity index (χ3n) is 3.09. The van der Waals surface area contributed by atoms with Crippen molar-refractivity contribution in [3.05, 3.63) is 0 Å². The normalized spacial score (nSPS) is 24.5. The third kappa shape index (κ3) is 4.32. The van der Waals surface area contributed by atoms with E-state index >= 15 is 0 Å². The maximum absolute atomic E-state index is 13.2. The zero-order valence-corrected chi connectivity index (χ0v) is 11.9. The Balaban J connectivity index is 2.94. The van der Waals surface area contributed by atoms with Gasteiger partial charge in [0.1, 0.15) is 12.1 Å². The van der Waals surface area contributed by atoms with Gasteiger partial charge >= 0.3 is 6.18 Å². The molecule has 0 radical (unpaired) electrons. The molecule has 118 valence electrons. The fraction of sp³-hybridized carbons (Fsp3) is 0.917. The molecule has 1 amide bonds. The first-order valence-corrected chi connectivity index (χ1v) is 6.60. The minimum Gasteiger partial charge on any atom is -0.378 e. The van der Waals surface area contributed by atoms with E-state index in [1.807, 2.05) is 0 Å². The summed E-state index contributed by atoms with van der Waals surface area (Å²) in [5.41, 5.74) is 5.48. The van der Waals surface area contributed by atoms with Gasteiger partial charge in [-0.1, -0.05) is 0 Å². The summed E-state index contributed by atoms with van der Waals surface area (Å²) >= 11 is 0. The van der Waals surface area contributed by atoms with Crippen LogP contribution in [-0.2, 0) is 9.53 Å². The van der Waals surface area contributed by atoms with Crippen LogP contribution in [-0.4, -0.2) is 60.9 Å². The molecule has 0 spiro atoms. The Labute approximate surface area is 116 Å². The van der Waals surface area contributed by atoms with Gasteiger partial charge in [0.05, 0.1) is 13.2 Å². The summed E-state index contributed by atoms with van der Waals surface area (Å²) in [4.78, 5) is 13.1. The van der Waals surface area contributed by atoms with Crippen LogP contribution in [0.3, 0.4) is 0 Å². The van der Waals surface area contributed by atoms with E-state index in [0.29, 0.717) is 0 Å². The number of hydrogen-bond donors (Lipinski definition) is 2. The Morgan fingerprint density at radius 1 is 1.40 bits per heavy atom. The van der Waals surface area contributed by atoms with Crippen molar-refractivity contribution < 1.29 is 22.7 Å². The number of ether oxygens (including phenoxy) is 1. The minimum absolute atomic E-state index is 0.0297. The van der Waals surface area contributed by atoms with Crippen molar-refractivity contribution in [3.8, 4) is 0 Å². The molecule has 3 unspecified atom stereocenters. The molecular formula is C12H22F3N3O2. The smallest absolute Gasteiger partial charge is 0.378 e. The zero-order valence-electron chi connectivity index (χ0n) is 11.9. The number of nitrogens with zero attached hydrogens (tertiary/aromatic N) is 1. The van der Waals surface area contributed by atoms with Gasteiger partial charge in [0.25, 0.3) is 0 Å². The molecule has 1 aliphatic rings. The zero-order chi connectivity index (χ0) is 15.5. The highest BCUT2D eigenvalue weighted by molar-refractivity contribution is 5.82. The largest absolute Gasteiger partial charge is 0.405 e. The molecule has 0 aromatic rings. The summed E-state index contributed by atoms with van der Waals surface area (Å²) in [6.07, 6.45) is -4.48. The van der Waals surface area contributed by atoms with Crippen LogP contribution in [0.25, 0.3) is 0 Å². The van der Waals surface area contributed by atoms with Crippen molar-refractivity contribution in [2.24, 2.45) is 5.73 Å². The predicted octanol–water partition coefficient (Wildman–Crippen LogP) is 0.490. The number of halogens is 3. The van der Waals surface area contributed by atoms with Gasteiger partial charge < -0.3 is 15.8 Å². The first kappa shape index (κ1) is 17.2. The number of morpholine rings is 1. The Hall–Kier alpha value is -0.860. The molecule has 5 nitrogen and oxygen atoms in total. The topological polar surface area (TPSA) is 67.6 Å². The van der Waals surface area contributed by atoms with Gasteiger partial charge in [0.15, 0.2) is 0 Å². The second-order valence-corrected chi connectivity index (χ2v) is 5.34. The molecule has 20 heavy (non-hydrogen) atoms. The van der Waals surface area contributed by atoms with Gasteiger partial charge in [-0.05, 0) is 20.8 Å². The molecule has 0 aromatic heterocycles. The SMILES string of the molecule is CC(C)NC(=O)C1COCCN1C(C(C)N)C(F)(F)F. The lowest BCUT2D eigenvalue weighted by atomic mass is 10.0. The highest BCUT2D eigenvalue weighted by atomic mass is 19.4. The van der Waals surface area contributed by atoms with Crippen molar-refractivity contribution in [3.63, 3.8) is 0 Å². The maximum atomic E-state index is 13.2. The third-order valence-corrected chi connectivity index (χ3v) is 3.09. The second kappa shape index (κ2) is 6.73. The molecule has 0 aromatic carbocycles. The van der Waals surface area contributed by atoms with Gasteiger partial charge in [0, 0.05) is 18.6 Å². The molecule has 0 aliphatic carbocycles. The highest BCUT2D eigenvalue weighted by Gasteiger charge is 2.49. The van der Waals surface area contributed by atoms with Gasteiger partial charge in [-0.3, -0.25) is 9.69 Å². The van der Waals surface area contributed by atoms with Crippen LogP contribution in [0.5, 0.6) is 0 Å². The predicted molar refractivity (Wildman–Crippen MR) is 68.1 cm³/mol. The molecule has 0 bridgehead atoms. The van der Waals surface area contributed by atoms with E-state index in [2.05, 4.69) is 5.32 Å². The lowest BCUT2D eigenvalue weighted by Crippen LogP contribution is -2.65. The Morgan fingerprint density at radius 2 is 2.00 bits per heavy atom. The van der Waals surface area contributed by atoms with Crippen LogP contribution in [0, 0.1) is 0 Å². The standard InChI is InChI=1S/C12H22F3N3O2/c1-7(2)17-11(19)9-6-20-5-4-18(9)10(8(3)16)12(13,14)15/h7-10H,4-6,16H2,1-3H3,(H,17,19). The number of nitrogens with two attached hydrogens (primary N) is 1. The fourth-order valence-electron chi connectivity index (χ4n) is 2.34. The number of nitrogens with one attached hydrogen (secondary N) is 1. The molecule has 1 aliphatic heterocycles. The van der Waals surface area contributed by atoms with Crippen LogP contribution in [0.2, 0.25) is 0 Å². The summed E-state index contributed by atoms with van der Waals surface area (Å²) in [6, 6.07) is -4.09. The van der Waals surface area contributed by atoms with Gasteiger partial charge in [0.2, 0.25) is 5.91 Å². The molecule has 3 N–H and O–H groups in total. The Morgan fingerprint density at radius 3 is 2.45 bits per heavy atom. The van der Waals surface area contributed by atoms with E-state index in [4.69, 9.17) is 10.5 Å². The molecule has 1 saturated heterocycles. The monoisotopic (exact) mass is 297 g/mol. The summed E-state index contributed by atoms with van der Waals surface area (Å²) in [5, 5.41) is 2.62. The first-order valence-electron chi connectivity index (χ1n) is 6.60. The fourth-order valence-corrected chi connectivity index (χ4v) is 2.34. The van der Waals surface area contributed by atoms with Crippen LogP contribution < -0.4 is 11.1 Å². The molecule has 1 rings (SSSR count). The van der Waals surface area contributed by atoms with Gasteiger partial charge in [-0.25, -0.2) is 0 Å². The number of rotatable bonds is 4. The van der Waals surface area contributed by atoms with E-state index in [1.54, 1.807) is 13.8 Å². The number of hydrogen-bond acceptors (Lipinski definition) is 4. The minimum atomic E-state index is -4.48. The lowest BCUT2D eigenvalue weighted by molar-refractivity contribution is -0.205. The second-order valence-electron chi connectivity index (χ2n) is 5.34. The van der Waals surface area contributed by atoms with Crippen molar-refractivity contribution in [2.45, 2.75) is 51.1 Å². The van der Waals surface area contributed by atoms with Gasteiger partial charge in [-0.2, -0.15) is 13.2 Å². The molecule has 1 heterocycles. The summed E-state index contributed by atoms with van der Waals surface area (Å²) in [5.74, 6) is -0.463. The van der Waals surface area contributed by atoms with Crippen molar-refractivity contribution in [1.82, 2.24) is 10.2 Å². The number of carbonyl (C=O) groups excluding carboxylic acids is 1. The van der Waals surface area contributed by atoms with Crippen LogP contribution >= 0.6 is 0 Å². The summed E-state index contributed by atoms with van der Waals surface area (Å²) in [7, 11) is 0. The van der Waals surface area contributed by atoms with Crippen LogP contribution in [0.4, 0.5) is 13.2 Å². The number of alkyl halides is 3.